The lowest BCUT2D eigenvalue weighted by molar-refractivity contribution is -0.0389. The van der Waals surface area contributed by atoms with Gasteiger partial charge in [-0.2, -0.15) is 0 Å². The molecule has 33 heavy (non-hydrogen) atoms. The van der Waals surface area contributed by atoms with Crippen molar-refractivity contribution in [1.29, 1.82) is 0 Å². The average Bonchev–Trinajstić information content (AvgIpc) is 2.74. The van der Waals surface area contributed by atoms with Gasteiger partial charge in [-0.3, -0.25) is 4.90 Å². The summed E-state index contributed by atoms with van der Waals surface area (Å²) in [5.41, 5.74) is 1.19. The molecule has 0 bridgehead atoms. The van der Waals surface area contributed by atoms with Crippen molar-refractivity contribution in [2.75, 3.05) is 26.3 Å². The Morgan fingerprint density at radius 3 is 1.97 bits per heavy atom. The lowest BCUT2D eigenvalue weighted by Crippen LogP contribution is -2.61. The van der Waals surface area contributed by atoms with Gasteiger partial charge in [-0.05, 0) is 70.0 Å². The third kappa shape index (κ3) is 6.51. The molecule has 1 amide bonds. The van der Waals surface area contributed by atoms with Gasteiger partial charge in [-0.15, -0.1) is 0 Å². The van der Waals surface area contributed by atoms with Crippen molar-refractivity contribution in [3.05, 3.63) is 71.3 Å². The maximum Gasteiger partial charge on any atom is 0.410 e. The Kier molecular flexibility index (Phi) is 8.08. The van der Waals surface area contributed by atoms with E-state index in [9.17, 15) is 13.6 Å². The first-order valence-electron chi connectivity index (χ1n) is 11.4. The van der Waals surface area contributed by atoms with E-state index in [1.807, 2.05) is 34.6 Å². The Morgan fingerprint density at radius 2 is 1.52 bits per heavy atom. The molecule has 180 valence electrons. The van der Waals surface area contributed by atoms with Crippen LogP contribution in [0.15, 0.2) is 48.5 Å². The Labute approximate surface area is 195 Å². The SMILES string of the molecule is CCOC[C@@H]1CN(C(=O)OC(C)(C)C)[C@@H](C)CN1C(c1ccc(F)cc1)c1ccc(F)cc1. The molecule has 2 aromatic carbocycles. The molecule has 0 spiro atoms. The maximum atomic E-state index is 13.7. The van der Waals surface area contributed by atoms with Crippen LogP contribution in [0.25, 0.3) is 0 Å². The van der Waals surface area contributed by atoms with Crippen molar-refractivity contribution in [2.24, 2.45) is 0 Å². The van der Waals surface area contributed by atoms with Crippen LogP contribution in [0.1, 0.15) is 51.8 Å². The number of hydrogen-bond acceptors (Lipinski definition) is 4. The van der Waals surface area contributed by atoms with Crippen LogP contribution < -0.4 is 0 Å². The molecule has 0 N–H and O–H groups in total. The van der Waals surface area contributed by atoms with Gasteiger partial charge in [0.15, 0.2) is 0 Å². The molecule has 1 saturated heterocycles. The molecule has 0 radical (unpaired) electrons. The molecule has 7 heteroatoms. The number of nitrogens with zero attached hydrogens (tertiary/aromatic N) is 2. The summed E-state index contributed by atoms with van der Waals surface area (Å²) in [6, 6.07) is 12.3. The van der Waals surface area contributed by atoms with Crippen molar-refractivity contribution < 1.29 is 23.0 Å². The molecule has 2 atom stereocenters. The minimum Gasteiger partial charge on any atom is -0.444 e. The third-order valence-electron chi connectivity index (χ3n) is 5.73. The van der Waals surface area contributed by atoms with E-state index in [1.165, 1.54) is 24.3 Å². The average molecular weight is 461 g/mol. The van der Waals surface area contributed by atoms with Crippen LogP contribution in [0, 0.1) is 11.6 Å². The smallest absolute Gasteiger partial charge is 0.410 e. The lowest BCUT2D eigenvalue weighted by atomic mass is 9.93. The van der Waals surface area contributed by atoms with E-state index < -0.39 is 5.60 Å². The predicted octanol–water partition coefficient (Wildman–Crippen LogP) is 5.40. The number of benzene rings is 2. The molecule has 1 aliphatic heterocycles. The van der Waals surface area contributed by atoms with Crippen LogP contribution >= 0.6 is 0 Å². The maximum absolute atomic E-state index is 13.7. The highest BCUT2D eigenvalue weighted by Gasteiger charge is 2.40. The van der Waals surface area contributed by atoms with Crippen LogP contribution in [0.5, 0.6) is 0 Å². The Morgan fingerprint density at radius 1 is 1.00 bits per heavy atom. The van der Waals surface area contributed by atoms with Gasteiger partial charge >= 0.3 is 6.09 Å². The number of ether oxygens (including phenoxy) is 2. The van der Waals surface area contributed by atoms with E-state index in [0.717, 1.165) is 11.1 Å². The summed E-state index contributed by atoms with van der Waals surface area (Å²) in [5.74, 6) is -0.629. The molecule has 1 heterocycles. The fourth-order valence-electron chi connectivity index (χ4n) is 4.22. The predicted molar refractivity (Wildman–Crippen MR) is 124 cm³/mol. The minimum atomic E-state index is -0.589. The molecule has 5 nitrogen and oxygen atoms in total. The normalized spacial score (nSPS) is 19.7. The highest BCUT2D eigenvalue weighted by Crippen LogP contribution is 2.34. The molecule has 0 unspecified atom stereocenters. The van der Waals surface area contributed by atoms with E-state index >= 15 is 0 Å². The first kappa shape index (κ1) is 25.1. The zero-order chi connectivity index (χ0) is 24.2. The van der Waals surface area contributed by atoms with Gasteiger partial charge in [-0.25, -0.2) is 13.6 Å². The minimum absolute atomic E-state index is 0.124. The lowest BCUT2D eigenvalue weighted by Gasteiger charge is -2.48. The summed E-state index contributed by atoms with van der Waals surface area (Å²) in [5, 5.41) is 0. The Bertz CT molecular complexity index is 867. The zero-order valence-electron chi connectivity index (χ0n) is 20.1. The molecule has 0 saturated carbocycles. The number of halogens is 2. The summed E-state index contributed by atoms with van der Waals surface area (Å²) in [6.45, 7) is 11.4. The Hall–Kier alpha value is -2.51. The van der Waals surface area contributed by atoms with Crippen LogP contribution in [0.4, 0.5) is 13.6 Å². The molecular formula is C26H34F2N2O3. The summed E-state index contributed by atoms with van der Waals surface area (Å²) in [4.78, 5) is 16.9. The van der Waals surface area contributed by atoms with Gasteiger partial charge in [0.1, 0.15) is 17.2 Å². The second-order valence-electron chi connectivity index (χ2n) is 9.50. The highest BCUT2D eigenvalue weighted by molar-refractivity contribution is 5.68. The van der Waals surface area contributed by atoms with Gasteiger partial charge in [0, 0.05) is 25.7 Å². The number of rotatable bonds is 6. The number of carbonyl (C=O) groups is 1. The van der Waals surface area contributed by atoms with Crippen molar-refractivity contribution in [3.8, 4) is 0 Å². The van der Waals surface area contributed by atoms with Gasteiger partial charge < -0.3 is 14.4 Å². The fraction of sp³-hybridized carbons (Fsp3) is 0.500. The number of amides is 1. The van der Waals surface area contributed by atoms with Crippen LogP contribution in [-0.2, 0) is 9.47 Å². The standard InChI is InChI=1S/C26H34F2N2O3/c1-6-32-17-23-16-29(25(31)33-26(3,4)5)18(2)15-30(23)24(19-7-11-21(27)12-8-19)20-9-13-22(28)14-10-20/h7-14,18,23-24H,6,15-17H2,1-5H3/t18-,23-/m0/s1. The van der Waals surface area contributed by atoms with E-state index in [2.05, 4.69) is 4.90 Å². The van der Waals surface area contributed by atoms with Crippen molar-refractivity contribution >= 4 is 6.09 Å². The van der Waals surface area contributed by atoms with E-state index in [-0.39, 0.29) is 35.9 Å². The summed E-state index contributed by atoms with van der Waals surface area (Å²) in [6.07, 6.45) is -0.351. The molecule has 1 aliphatic rings. The third-order valence-corrected chi connectivity index (χ3v) is 5.73. The molecular weight excluding hydrogens is 426 g/mol. The van der Waals surface area contributed by atoms with Gasteiger partial charge in [0.05, 0.1) is 18.7 Å². The molecule has 3 rings (SSSR count). The molecule has 2 aromatic rings. The van der Waals surface area contributed by atoms with Gasteiger partial charge in [-0.1, -0.05) is 24.3 Å². The van der Waals surface area contributed by atoms with Crippen LogP contribution in [-0.4, -0.2) is 59.9 Å². The molecule has 0 aliphatic carbocycles. The molecule has 0 aromatic heterocycles. The first-order chi connectivity index (χ1) is 15.6. The number of carbonyl (C=O) groups excluding carboxylic acids is 1. The van der Waals surface area contributed by atoms with E-state index in [4.69, 9.17) is 9.47 Å². The first-order valence-corrected chi connectivity index (χ1v) is 11.4. The monoisotopic (exact) mass is 460 g/mol. The van der Waals surface area contributed by atoms with Crippen LogP contribution in [0.2, 0.25) is 0 Å². The Balaban J connectivity index is 1.97. The van der Waals surface area contributed by atoms with Crippen molar-refractivity contribution in [1.82, 2.24) is 9.80 Å². The van der Waals surface area contributed by atoms with Gasteiger partial charge in [0.25, 0.3) is 0 Å². The molecule has 1 fully saturated rings. The number of piperazine rings is 1. The summed E-state index contributed by atoms with van der Waals surface area (Å²) in [7, 11) is 0. The van der Waals surface area contributed by atoms with Crippen LogP contribution in [0.3, 0.4) is 0 Å². The second kappa shape index (κ2) is 10.6. The second-order valence-corrected chi connectivity index (χ2v) is 9.50. The summed E-state index contributed by atoms with van der Waals surface area (Å²) < 4.78 is 38.8. The number of hydrogen-bond donors (Lipinski definition) is 0. The van der Waals surface area contributed by atoms with Crippen molar-refractivity contribution in [2.45, 2.75) is 58.3 Å². The van der Waals surface area contributed by atoms with Crippen molar-refractivity contribution in [3.63, 3.8) is 0 Å². The summed E-state index contributed by atoms with van der Waals surface area (Å²) >= 11 is 0. The fourth-order valence-corrected chi connectivity index (χ4v) is 4.22. The van der Waals surface area contributed by atoms with E-state index in [1.54, 1.807) is 29.2 Å². The quantitative estimate of drug-likeness (QED) is 0.579. The zero-order valence-corrected chi connectivity index (χ0v) is 20.1. The largest absolute Gasteiger partial charge is 0.444 e. The topological polar surface area (TPSA) is 42.0 Å². The van der Waals surface area contributed by atoms with Gasteiger partial charge in [0.2, 0.25) is 0 Å². The highest BCUT2D eigenvalue weighted by atomic mass is 19.1. The van der Waals surface area contributed by atoms with E-state index in [0.29, 0.717) is 26.3 Å².